The Balaban J connectivity index is -0.0000000450. The second kappa shape index (κ2) is 70.0. The molecule has 0 saturated heterocycles. The van der Waals surface area contributed by atoms with Crippen LogP contribution in [0.3, 0.4) is 0 Å². The van der Waals surface area contributed by atoms with Crippen molar-refractivity contribution in [2.75, 3.05) is 56.9 Å². The van der Waals surface area contributed by atoms with Crippen LogP contribution in [0.4, 0.5) is 0 Å². The maximum absolute atomic E-state index is 10.8. The number of carbonyl (C=O) groups excluding carboxylic acids is 4. The molecular weight excluding hydrogens is 971 g/mol. The molecule has 0 aliphatic rings. The zero-order valence-electron chi connectivity index (χ0n) is 35.2. The summed E-state index contributed by atoms with van der Waals surface area (Å²) in [6, 6.07) is 18.7. The summed E-state index contributed by atoms with van der Waals surface area (Å²) in [7, 11) is 7.00. The average molecular weight is 1030 g/mol. The molecule has 0 unspecified atom stereocenters. The van der Waals surface area contributed by atoms with Crippen LogP contribution in [0.15, 0.2) is 72.8 Å². The summed E-state index contributed by atoms with van der Waals surface area (Å²) in [4.78, 5) is 40.7. The van der Waals surface area contributed by atoms with E-state index in [4.69, 9.17) is 40.9 Å². The molecule has 0 heterocycles. The molecule has 0 radical (unpaired) electrons. The molecule has 4 aromatic rings. The summed E-state index contributed by atoms with van der Waals surface area (Å²) in [5, 5.41) is 104. The quantitative estimate of drug-likeness (QED) is 0.125. The molecule has 16 nitrogen and oxygen atoms in total. The van der Waals surface area contributed by atoms with Gasteiger partial charge < -0.3 is 61.3 Å². The van der Waals surface area contributed by atoms with Gasteiger partial charge in [-0.2, -0.15) is 28.4 Å². The van der Waals surface area contributed by atoms with Crippen molar-refractivity contribution in [3.63, 3.8) is 0 Å². The zero-order chi connectivity index (χ0) is 46.2. The molecule has 60 heavy (non-hydrogen) atoms. The van der Waals surface area contributed by atoms with E-state index in [1.807, 2.05) is 27.7 Å². The van der Waals surface area contributed by atoms with E-state index in [1.165, 1.54) is 24.3 Å². The third-order valence-corrected chi connectivity index (χ3v) is 5.17. The first-order valence-electron chi connectivity index (χ1n) is 15.3. The molecule has 20 heteroatoms. The fraction of sp³-hybridized carbons (Fsp3) is 0.300. The summed E-state index contributed by atoms with van der Waals surface area (Å²) in [5.41, 5.74) is 4.67. The van der Waals surface area contributed by atoms with Crippen molar-refractivity contribution in [1.82, 2.24) is 0 Å². The number of hydrogen-bond acceptors (Lipinski definition) is 16. The Morgan fingerprint density at radius 3 is 0.517 bits per heavy atom. The topological polar surface area (TPSA) is 334 Å². The monoisotopic (exact) mass is 1020 g/mol. The van der Waals surface area contributed by atoms with Crippen LogP contribution >= 0.6 is 0 Å². The summed E-state index contributed by atoms with van der Waals surface area (Å²) >= 11 is 0. The Kier molecular flexibility index (Phi) is 102. The van der Waals surface area contributed by atoms with E-state index in [-0.39, 0.29) is 111 Å². The van der Waals surface area contributed by atoms with E-state index in [9.17, 15) is 39.6 Å². The second-order valence-corrected chi connectivity index (χ2v) is 8.64. The summed E-state index contributed by atoms with van der Waals surface area (Å²) < 4.78 is 0. The third-order valence-electron chi connectivity index (χ3n) is 5.17. The van der Waals surface area contributed by atoms with Crippen LogP contribution in [0.1, 0.15) is 63.7 Å². The number of benzene rings is 4. The van der Waals surface area contributed by atoms with Crippen LogP contribution in [0, 0.1) is 27.7 Å². The van der Waals surface area contributed by atoms with Crippen molar-refractivity contribution < 1.29 is 146 Å². The van der Waals surface area contributed by atoms with Crippen molar-refractivity contribution >= 4 is 25.1 Å². The van der Waals surface area contributed by atoms with Crippen molar-refractivity contribution in [3.8, 4) is 23.0 Å². The SMILES string of the molecule is CO.CO.CO.CO.C[O-].C[O-].C[O-].C[O-].Cc1ccc([O-])c(C=O)c1.Cc1ccc([O-])c(C=O)c1.Cc1ccc([O-])c(C=O)c1.Cc1ccc([O-])c(C=O)c1.[Ni+2].[Ni+2].[Ni+2].[Ni+2]. The van der Waals surface area contributed by atoms with E-state index in [2.05, 4.69) is 0 Å². The van der Waals surface area contributed by atoms with Crippen LogP contribution in [-0.4, -0.2) is 102 Å². The van der Waals surface area contributed by atoms with Gasteiger partial charge in [-0.3, -0.25) is 19.2 Å². The molecule has 0 fully saturated rings. The Morgan fingerprint density at radius 1 is 0.317 bits per heavy atom. The third kappa shape index (κ3) is 48.8. The van der Waals surface area contributed by atoms with E-state index < -0.39 is 0 Å². The normalized spacial score (nSPS) is 7.00. The predicted octanol–water partition coefficient (Wildman–Crippen LogP) is -2.15. The van der Waals surface area contributed by atoms with Crippen LogP contribution in [-0.2, 0) is 66.0 Å². The van der Waals surface area contributed by atoms with Crippen LogP contribution in [0.2, 0.25) is 0 Å². The molecule has 0 bridgehead atoms. The van der Waals surface area contributed by atoms with Gasteiger partial charge in [0.25, 0.3) is 0 Å². The van der Waals surface area contributed by atoms with Gasteiger partial charge in [0.15, 0.2) is 0 Å². The van der Waals surface area contributed by atoms with Crippen molar-refractivity contribution in [2.24, 2.45) is 0 Å². The summed E-state index contributed by atoms with van der Waals surface area (Å²) in [6.07, 6.45) is 2.31. The zero-order valence-corrected chi connectivity index (χ0v) is 39.1. The Labute approximate surface area is 394 Å². The van der Waals surface area contributed by atoms with E-state index in [1.54, 1.807) is 48.5 Å². The molecule has 352 valence electrons. The van der Waals surface area contributed by atoms with Crippen molar-refractivity contribution in [1.29, 1.82) is 0 Å². The van der Waals surface area contributed by atoms with Gasteiger partial charge in [-0.05, 0) is 52.0 Å². The number of aliphatic hydroxyl groups excluding tert-OH is 4. The van der Waals surface area contributed by atoms with Gasteiger partial charge in [0, 0.05) is 50.7 Å². The summed E-state index contributed by atoms with van der Waals surface area (Å²) in [6.45, 7) is 7.36. The van der Waals surface area contributed by atoms with Crippen molar-refractivity contribution in [2.45, 2.75) is 27.7 Å². The molecule has 4 N–H and O–H groups in total. The minimum atomic E-state index is -0.208. The van der Waals surface area contributed by atoms with Gasteiger partial charge in [0.05, 0.1) is 0 Å². The van der Waals surface area contributed by atoms with Crippen LogP contribution in [0.5, 0.6) is 23.0 Å². The number of aryl methyl sites for hydroxylation is 4. The fourth-order valence-corrected chi connectivity index (χ4v) is 3.04. The molecule has 0 aliphatic carbocycles. The maximum atomic E-state index is 10.8. The average Bonchev–Trinajstić information content (AvgIpc) is 3.27. The smallest absolute Gasteiger partial charge is 0.872 e. The van der Waals surface area contributed by atoms with Gasteiger partial charge in [0.1, 0.15) is 25.1 Å². The fourth-order valence-electron chi connectivity index (χ4n) is 3.04. The van der Waals surface area contributed by atoms with E-state index >= 15 is 0 Å². The van der Waals surface area contributed by atoms with Gasteiger partial charge >= 0.3 is 66.0 Å². The first-order chi connectivity index (χ1) is 26.9. The van der Waals surface area contributed by atoms with Crippen LogP contribution < -0.4 is 40.9 Å². The number of aliphatic hydroxyl groups is 4. The summed E-state index contributed by atoms with van der Waals surface area (Å²) in [5.74, 6) is -0.831. The van der Waals surface area contributed by atoms with E-state index in [0.29, 0.717) is 25.1 Å². The Morgan fingerprint density at radius 2 is 0.433 bits per heavy atom. The van der Waals surface area contributed by atoms with Crippen molar-refractivity contribution in [3.05, 3.63) is 117 Å². The molecule has 4 rings (SSSR count). The first kappa shape index (κ1) is 87.8. The second-order valence-electron chi connectivity index (χ2n) is 8.64. The molecular formula is C40H56Ni4O16. The largest absolute Gasteiger partial charge is 2.00 e. The van der Waals surface area contributed by atoms with Gasteiger partial charge in [-0.1, -0.05) is 93.8 Å². The minimum Gasteiger partial charge on any atom is -0.872 e. The molecule has 0 aliphatic heterocycles. The van der Waals surface area contributed by atoms with Gasteiger partial charge in [0.2, 0.25) is 0 Å². The van der Waals surface area contributed by atoms with E-state index in [0.717, 1.165) is 79.1 Å². The minimum absolute atomic E-state index is 0. The number of aldehydes is 4. The van der Waals surface area contributed by atoms with Crippen LogP contribution in [0.25, 0.3) is 0 Å². The Bertz CT molecular complexity index is 1280. The predicted molar refractivity (Wildman–Crippen MR) is 200 cm³/mol. The molecule has 0 saturated carbocycles. The number of hydrogen-bond donors (Lipinski definition) is 4. The van der Waals surface area contributed by atoms with Gasteiger partial charge in [-0.25, -0.2) is 0 Å². The van der Waals surface area contributed by atoms with Gasteiger partial charge in [-0.15, -0.1) is 0 Å². The molecule has 0 amide bonds. The first-order valence-corrected chi connectivity index (χ1v) is 15.3. The standard InChI is InChI=1S/4C8H8O2.4CH4O.4CH3O.4Ni/c4*1-6-2-3-8(10)7(4-6)5-9;8*1-2;;;;/h4*2-5,10H,1H3;4*2H,1H3;4*1H3;;;;/q;;;;;;;;4*-1;4*+2/p-4. The number of carbonyl (C=O) groups is 4. The Hall–Kier alpha value is -3.59. The number of rotatable bonds is 4. The molecule has 0 spiro atoms. The molecule has 4 aromatic carbocycles. The molecule has 0 aromatic heterocycles. The molecule has 0 atom stereocenters. The maximum Gasteiger partial charge on any atom is 2.00 e.